The van der Waals surface area contributed by atoms with E-state index in [1.54, 1.807) is 19.1 Å². The molecule has 1 unspecified atom stereocenters. The highest BCUT2D eigenvalue weighted by molar-refractivity contribution is 7.89. The van der Waals surface area contributed by atoms with Crippen molar-refractivity contribution in [1.82, 2.24) is 14.9 Å². The molecule has 3 N–H and O–H groups in total. The molecule has 2 amide bonds. The van der Waals surface area contributed by atoms with Gasteiger partial charge in [0.25, 0.3) is 0 Å². The van der Waals surface area contributed by atoms with Crippen LogP contribution in [0.1, 0.15) is 32.8 Å². The average Bonchev–Trinajstić information content (AvgIpc) is 3.02. The number of hydrogen-bond donors (Lipinski definition) is 3. The van der Waals surface area contributed by atoms with Gasteiger partial charge in [0, 0.05) is 26.2 Å². The molecule has 1 atom stereocenters. The molecule has 0 bridgehead atoms. The van der Waals surface area contributed by atoms with E-state index in [1.807, 2.05) is 13.8 Å². The molecular weight excluding hydrogens is 370 g/mol. The smallest absolute Gasteiger partial charge is 0.317 e. The van der Waals surface area contributed by atoms with Gasteiger partial charge in [-0.2, -0.15) is 0 Å². The second kappa shape index (κ2) is 8.26. The minimum absolute atomic E-state index is 0.173. The first-order valence-corrected chi connectivity index (χ1v) is 10.4. The maximum Gasteiger partial charge on any atom is 0.317 e. The number of carboxylic acid groups (broad SMARTS) is 1. The molecule has 0 spiro atoms. The minimum Gasteiger partial charge on any atom is -0.481 e. The summed E-state index contributed by atoms with van der Waals surface area (Å²) in [4.78, 5) is 25.1. The SMILES string of the molecule is CC(C)CNS(=O)(=O)c1ccc(CNC(=O)N2CCC(C)(C(=O)O)C2)cc1. The summed E-state index contributed by atoms with van der Waals surface area (Å²) in [6, 6.07) is 5.98. The molecule has 27 heavy (non-hydrogen) atoms. The summed E-state index contributed by atoms with van der Waals surface area (Å²) in [6.07, 6.45) is 0.422. The maximum absolute atomic E-state index is 12.2. The second-order valence-corrected chi connectivity index (χ2v) is 9.35. The van der Waals surface area contributed by atoms with Crippen molar-refractivity contribution in [1.29, 1.82) is 0 Å². The molecule has 0 aromatic heterocycles. The lowest BCUT2D eigenvalue weighted by Gasteiger charge is -2.20. The second-order valence-electron chi connectivity index (χ2n) is 7.59. The fourth-order valence-electron chi connectivity index (χ4n) is 2.74. The zero-order chi connectivity index (χ0) is 20.2. The standard InChI is InChI=1S/C18H27N3O5S/c1-13(2)10-20-27(25,26)15-6-4-14(5-7-15)11-19-17(24)21-9-8-18(3,12-21)16(22)23/h4-7,13,20H,8-12H2,1-3H3,(H,19,24)(H,22,23). The van der Waals surface area contributed by atoms with Crippen LogP contribution in [0.15, 0.2) is 29.2 Å². The monoisotopic (exact) mass is 397 g/mol. The summed E-state index contributed by atoms with van der Waals surface area (Å²) in [6.45, 7) is 6.65. The summed E-state index contributed by atoms with van der Waals surface area (Å²) >= 11 is 0. The first kappa shape index (κ1) is 21.2. The van der Waals surface area contributed by atoms with Crippen LogP contribution in [0.4, 0.5) is 4.79 Å². The van der Waals surface area contributed by atoms with Crippen molar-refractivity contribution in [3.63, 3.8) is 0 Å². The molecule has 1 heterocycles. The van der Waals surface area contributed by atoms with Crippen LogP contribution < -0.4 is 10.0 Å². The predicted octanol–water partition coefficient (Wildman–Crippen LogP) is 1.63. The van der Waals surface area contributed by atoms with Crippen LogP contribution in [-0.4, -0.2) is 50.1 Å². The number of likely N-dealkylation sites (tertiary alicyclic amines) is 1. The first-order valence-electron chi connectivity index (χ1n) is 8.88. The Morgan fingerprint density at radius 3 is 2.41 bits per heavy atom. The molecule has 0 saturated carbocycles. The number of benzene rings is 1. The Labute approximate surface area is 160 Å². The number of hydrogen-bond acceptors (Lipinski definition) is 4. The maximum atomic E-state index is 12.2. The van der Waals surface area contributed by atoms with E-state index in [-0.39, 0.29) is 29.9 Å². The first-order chi connectivity index (χ1) is 12.5. The molecule has 1 aliphatic rings. The predicted molar refractivity (Wildman–Crippen MR) is 101 cm³/mol. The van der Waals surface area contributed by atoms with Gasteiger partial charge in [0.2, 0.25) is 10.0 Å². The van der Waals surface area contributed by atoms with Crippen LogP contribution in [0.2, 0.25) is 0 Å². The highest BCUT2D eigenvalue weighted by Gasteiger charge is 2.42. The Kier molecular flexibility index (Phi) is 6.48. The summed E-state index contributed by atoms with van der Waals surface area (Å²) in [5.74, 6) is -0.691. The highest BCUT2D eigenvalue weighted by atomic mass is 32.2. The number of rotatable bonds is 7. The fraction of sp³-hybridized carbons (Fsp3) is 0.556. The number of carbonyl (C=O) groups is 2. The molecule has 1 aliphatic heterocycles. The van der Waals surface area contributed by atoms with Crippen LogP contribution in [0.25, 0.3) is 0 Å². The molecule has 1 saturated heterocycles. The zero-order valence-electron chi connectivity index (χ0n) is 15.9. The van der Waals surface area contributed by atoms with E-state index in [1.165, 1.54) is 17.0 Å². The lowest BCUT2D eigenvalue weighted by Crippen LogP contribution is -2.40. The highest BCUT2D eigenvalue weighted by Crippen LogP contribution is 2.30. The third-order valence-electron chi connectivity index (χ3n) is 4.64. The van der Waals surface area contributed by atoms with Gasteiger partial charge < -0.3 is 15.3 Å². The van der Waals surface area contributed by atoms with E-state index in [2.05, 4.69) is 10.0 Å². The number of aliphatic carboxylic acids is 1. The van der Waals surface area contributed by atoms with Crippen LogP contribution in [-0.2, 0) is 21.4 Å². The third kappa shape index (κ3) is 5.43. The Morgan fingerprint density at radius 1 is 1.26 bits per heavy atom. The summed E-state index contributed by atoms with van der Waals surface area (Å²) in [5, 5.41) is 12.0. The number of carbonyl (C=O) groups excluding carboxylic acids is 1. The van der Waals surface area contributed by atoms with Crippen LogP contribution >= 0.6 is 0 Å². The van der Waals surface area contributed by atoms with Crippen LogP contribution in [0.5, 0.6) is 0 Å². The number of nitrogens with one attached hydrogen (secondary N) is 2. The summed E-state index contributed by atoms with van der Waals surface area (Å²) < 4.78 is 26.9. The summed E-state index contributed by atoms with van der Waals surface area (Å²) in [7, 11) is -3.54. The van der Waals surface area contributed by atoms with Crippen molar-refractivity contribution >= 4 is 22.0 Å². The molecule has 1 fully saturated rings. The molecule has 150 valence electrons. The van der Waals surface area contributed by atoms with E-state index in [4.69, 9.17) is 0 Å². The van der Waals surface area contributed by atoms with Crippen molar-refractivity contribution in [2.24, 2.45) is 11.3 Å². The van der Waals surface area contributed by atoms with Gasteiger partial charge in [0.15, 0.2) is 0 Å². The van der Waals surface area contributed by atoms with Crippen molar-refractivity contribution in [2.75, 3.05) is 19.6 Å². The van der Waals surface area contributed by atoms with Gasteiger partial charge >= 0.3 is 12.0 Å². The van der Waals surface area contributed by atoms with Gasteiger partial charge in [-0.25, -0.2) is 17.9 Å². The quantitative estimate of drug-likeness (QED) is 0.647. The fourth-order valence-corrected chi connectivity index (χ4v) is 3.96. The van der Waals surface area contributed by atoms with Crippen LogP contribution in [0.3, 0.4) is 0 Å². The zero-order valence-corrected chi connectivity index (χ0v) is 16.7. The number of amides is 2. The van der Waals surface area contributed by atoms with E-state index < -0.39 is 21.4 Å². The topological polar surface area (TPSA) is 116 Å². The number of carboxylic acids is 1. The lowest BCUT2D eigenvalue weighted by atomic mass is 9.90. The van der Waals surface area contributed by atoms with Gasteiger partial charge in [0.05, 0.1) is 10.3 Å². The van der Waals surface area contributed by atoms with Gasteiger partial charge in [0.1, 0.15) is 0 Å². The van der Waals surface area contributed by atoms with Crippen molar-refractivity contribution in [3.05, 3.63) is 29.8 Å². The molecule has 9 heteroatoms. The number of nitrogens with zero attached hydrogens (tertiary/aromatic N) is 1. The molecular formula is C18H27N3O5S. The molecule has 2 rings (SSSR count). The van der Waals surface area contributed by atoms with E-state index in [0.717, 1.165) is 5.56 Å². The lowest BCUT2D eigenvalue weighted by molar-refractivity contribution is -0.147. The minimum atomic E-state index is -3.54. The van der Waals surface area contributed by atoms with E-state index in [9.17, 15) is 23.1 Å². The molecule has 1 aromatic rings. The van der Waals surface area contributed by atoms with E-state index >= 15 is 0 Å². The third-order valence-corrected chi connectivity index (χ3v) is 6.08. The summed E-state index contributed by atoms with van der Waals surface area (Å²) in [5.41, 5.74) is -0.151. The van der Waals surface area contributed by atoms with Crippen molar-refractivity contribution in [2.45, 2.75) is 38.6 Å². The molecule has 0 aliphatic carbocycles. The van der Waals surface area contributed by atoms with E-state index in [0.29, 0.717) is 19.5 Å². The number of urea groups is 1. The number of sulfonamides is 1. The van der Waals surface area contributed by atoms with Crippen molar-refractivity contribution in [3.8, 4) is 0 Å². The van der Waals surface area contributed by atoms with Crippen molar-refractivity contribution < 1.29 is 23.1 Å². The molecule has 1 aromatic carbocycles. The van der Waals surface area contributed by atoms with Crippen LogP contribution in [0, 0.1) is 11.3 Å². The average molecular weight is 397 g/mol. The Balaban J connectivity index is 1.90. The van der Waals surface area contributed by atoms with Gasteiger partial charge in [-0.3, -0.25) is 4.79 Å². The Hall–Kier alpha value is -2.13. The molecule has 0 radical (unpaired) electrons. The normalized spacial score (nSPS) is 20.1. The Bertz CT molecular complexity index is 792. The van der Waals surface area contributed by atoms with Gasteiger partial charge in [-0.1, -0.05) is 26.0 Å². The van der Waals surface area contributed by atoms with Gasteiger partial charge in [-0.15, -0.1) is 0 Å². The van der Waals surface area contributed by atoms with Gasteiger partial charge in [-0.05, 0) is 37.0 Å². The largest absolute Gasteiger partial charge is 0.481 e. The Morgan fingerprint density at radius 2 is 1.89 bits per heavy atom. The molecule has 8 nitrogen and oxygen atoms in total.